The van der Waals surface area contributed by atoms with Crippen molar-refractivity contribution in [1.29, 1.82) is 0 Å². The Kier molecular flexibility index (Phi) is 6.11. The van der Waals surface area contributed by atoms with Gasteiger partial charge in [0.2, 0.25) is 0 Å². The number of methoxy groups -OCH3 is 1. The molecule has 0 aromatic heterocycles. The number of anilines is 1. The highest BCUT2D eigenvalue weighted by molar-refractivity contribution is 5.73. The molecule has 0 radical (unpaired) electrons. The number of para-hydroxylation sites is 1. The average molecular weight is 437 g/mol. The van der Waals surface area contributed by atoms with E-state index in [2.05, 4.69) is 0 Å². The van der Waals surface area contributed by atoms with E-state index in [4.69, 9.17) is 4.74 Å². The maximum atomic E-state index is 14.2. The van der Waals surface area contributed by atoms with Crippen LogP contribution in [0.3, 0.4) is 0 Å². The van der Waals surface area contributed by atoms with Crippen LogP contribution in [-0.2, 0) is 5.41 Å². The third-order valence-electron chi connectivity index (χ3n) is 5.72. The van der Waals surface area contributed by atoms with E-state index in [0.29, 0.717) is 5.69 Å². The van der Waals surface area contributed by atoms with E-state index in [0.717, 1.165) is 11.1 Å². The summed E-state index contributed by atoms with van der Waals surface area (Å²) < 4.78 is 61.9. The summed E-state index contributed by atoms with van der Waals surface area (Å²) in [6, 6.07) is 10.9. The van der Waals surface area contributed by atoms with Crippen LogP contribution in [0.5, 0.6) is 5.75 Å². The van der Waals surface area contributed by atoms with Crippen molar-refractivity contribution in [2.45, 2.75) is 44.4 Å². The lowest BCUT2D eigenvalue weighted by molar-refractivity contribution is -0.262. The maximum Gasteiger partial charge on any atom is 0.418 e. The van der Waals surface area contributed by atoms with E-state index < -0.39 is 36.0 Å². The fourth-order valence-electron chi connectivity index (χ4n) is 4.33. The van der Waals surface area contributed by atoms with Crippen molar-refractivity contribution in [3.05, 3.63) is 65.0 Å². The molecule has 168 valence electrons. The number of halogens is 4. The smallest absolute Gasteiger partial charge is 0.418 e. The predicted molar refractivity (Wildman–Crippen MR) is 114 cm³/mol. The van der Waals surface area contributed by atoms with Gasteiger partial charge in [-0.2, -0.15) is 13.2 Å². The molecule has 0 fully saturated rings. The van der Waals surface area contributed by atoms with Crippen LogP contribution >= 0.6 is 0 Å². The van der Waals surface area contributed by atoms with Crippen LogP contribution in [-0.4, -0.2) is 37.1 Å². The molecule has 0 bridgehead atoms. The number of fused-ring (bicyclic) bond motifs is 1. The molecule has 1 aliphatic rings. The van der Waals surface area contributed by atoms with Crippen LogP contribution in [0.15, 0.2) is 48.0 Å². The third-order valence-corrected chi connectivity index (χ3v) is 5.72. The van der Waals surface area contributed by atoms with Gasteiger partial charge in [0.05, 0.1) is 13.7 Å². The molecule has 1 N–H and O–H groups in total. The quantitative estimate of drug-likeness (QED) is 0.587. The second-order valence-corrected chi connectivity index (χ2v) is 8.84. The molecule has 0 saturated carbocycles. The largest absolute Gasteiger partial charge is 0.496 e. The number of hydrogen-bond donors (Lipinski definition) is 1. The monoisotopic (exact) mass is 437 g/mol. The van der Waals surface area contributed by atoms with Gasteiger partial charge in [-0.1, -0.05) is 43.7 Å². The van der Waals surface area contributed by atoms with E-state index in [1.807, 2.05) is 25.1 Å². The Labute approximate surface area is 180 Å². The average Bonchev–Trinajstić information content (AvgIpc) is 2.66. The number of rotatable bonds is 6. The normalized spacial score (nSPS) is 16.4. The fraction of sp³-hybridized carbons (Fsp3) is 0.417. The molecule has 1 aliphatic heterocycles. The van der Waals surface area contributed by atoms with Crippen molar-refractivity contribution >= 4 is 11.8 Å². The second kappa shape index (κ2) is 8.19. The Morgan fingerprint density at radius 3 is 2.42 bits per heavy atom. The lowest BCUT2D eigenvalue weighted by Gasteiger charge is -2.42. The topological polar surface area (TPSA) is 32.7 Å². The van der Waals surface area contributed by atoms with Gasteiger partial charge in [-0.05, 0) is 48.6 Å². The predicted octanol–water partition coefficient (Wildman–Crippen LogP) is 5.72. The Morgan fingerprint density at radius 2 is 1.77 bits per heavy atom. The first-order chi connectivity index (χ1) is 14.4. The van der Waals surface area contributed by atoms with Crippen molar-refractivity contribution in [3.63, 3.8) is 0 Å². The van der Waals surface area contributed by atoms with Gasteiger partial charge in [0.1, 0.15) is 11.6 Å². The second-order valence-electron chi connectivity index (χ2n) is 8.84. The lowest BCUT2D eigenvalue weighted by atomic mass is 9.74. The zero-order valence-electron chi connectivity index (χ0n) is 18.1. The number of benzene rings is 2. The van der Waals surface area contributed by atoms with Gasteiger partial charge in [0.15, 0.2) is 5.60 Å². The molecule has 0 amide bonds. The van der Waals surface area contributed by atoms with Crippen molar-refractivity contribution in [1.82, 2.24) is 0 Å². The molecule has 31 heavy (non-hydrogen) atoms. The van der Waals surface area contributed by atoms with Crippen LogP contribution in [0.25, 0.3) is 6.08 Å². The first kappa shape index (κ1) is 23.1. The van der Waals surface area contributed by atoms with E-state index in [1.165, 1.54) is 25.3 Å². The molecule has 7 heteroatoms. The molecular weight excluding hydrogens is 410 g/mol. The Balaban J connectivity index is 1.99. The summed E-state index contributed by atoms with van der Waals surface area (Å²) in [5.74, 6) is -0.303. The van der Waals surface area contributed by atoms with Crippen molar-refractivity contribution in [2.75, 3.05) is 25.1 Å². The Bertz CT molecular complexity index is 984. The highest BCUT2D eigenvalue weighted by atomic mass is 19.4. The van der Waals surface area contributed by atoms with E-state index >= 15 is 0 Å². The van der Waals surface area contributed by atoms with Crippen LogP contribution in [0.2, 0.25) is 0 Å². The van der Waals surface area contributed by atoms with Gasteiger partial charge in [-0.15, -0.1) is 0 Å². The van der Waals surface area contributed by atoms with Crippen LogP contribution < -0.4 is 9.64 Å². The molecule has 0 saturated heterocycles. The molecule has 0 spiro atoms. The number of alkyl halides is 3. The molecule has 3 nitrogen and oxygen atoms in total. The SMILES string of the molecule is COc1ccc(F)cc1C(C)(C)CC(O)(CN1CC(C)=Cc2ccccc21)C(F)(F)F. The van der Waals surface area contributed by atoms with Crippen molar-refractivity contribution in [2.24, 2.45) is 0 Å². The van der Waals surface area contributed by atoms with Crippen molar-refractivity contribution < 1.29 is 27.4 Å². The summed E-state index contributed by atoms with van der Waals surface area (Å²) in [5.41, 5.74) is -1.64. The Hall–Kier alpha value is -2.54. The molecular formula is C24H27F4NO2. The third kappa shape index (κ3) is 4.71. The molecule has 3 rings (SSSR count). The minimum atomic E-state index is -4.89. The first-order valence-corrected chi connectivity index (χ1v) is 10.0. The number of aliphatic hydroxyl groups is 1. The highest BCUT2D eigenvalue weighted by Crippen LogP contribution is 2.45. The molecule has 1 unspecified atom stereocenters. The summed E-state index contributed by atoms with van der Waals surface area (Å²) in [4.78, 5) is 1.55. The van der Waals surface area contributed by atoms with Gasteiger partial charge in [0.25, 0.3) is 0 Å². The van der Waals surface area contributed by atoms with Gasteiger partial charge < -0.3 is 14.7 Å². The zero-order chi connectivity index (χ0) is 23.0. The fourth-order valence-corrected chi connectivity index (χ4v) is 4.33. The number of nitrogens with zero attached hydrogens (tertiary/aromatic N) is 1. The molecule has 1 atom stereocenters. The summed E-state index contributed by atoms with van der Waals surface area (Å²) >= 11 is 0. The lowest BCUT2D eigenvalue weighted by Crippen LogP contribution is -2.57. The molecule has 2 aromatic rings. The minimum absolute atomic E-state index is 0.271. The van der Waals surface area contributed by atoms with Crippen LogP contribution in [0.1, 0.15) is 38.3 Å². The van der Waals surface area contributed by atoms with Gasteiger partial charge in [0, 0.05) is 17.8 Å². The Morgan fingerprint density at radius 1 is 1.10 bits per heavy atom. The molecule has 1 heterocycles. The van der Waals surface area contributed by atoms with Gasteiger partial charge in [-0.3, -0.25) is 0 Å². The number of hydrogen-bond acceptors (Lipinski definition) is 3. The first-order valence-electron chi connectivity index (χ1n) is 10.0. The van der Waals surface area contributed by atoms with Crippen LogP contribution in [0.4, 0.5) is 23.2 Å². The van der Waals surface area contributed by atoms with Gasteiger partial charge >= 0.3 is 6.18 Å². The van der Waals surface area contributed by atoms with Crippen LogP contribution in [0, 0.1) is 5.82 Å². The molecule has 2 aromatic carbocycles. The van der Waals surface area contributed by atoms with E-state index in [9.17, 15) is 22.7 Å². The van der Waals surface area contributed by atoms with E-state index in [-0.39, 0.29) is 17.9 Å². The number of β-amino-alcohol motifs (C(OH)–C–C–N with tert-alkyl or cyclic N) is 1. The number of ether oxygens (including phenoxy) is 1. The molecule has 0 aliphatic carbocycles. The standard InChI is InChI=1S/C24H27F4NO2/c1-16-11-17-7-5-6-8-20(17)29(13-16)15-23(30,24(26,27)28)14-22(2,3)19-12-18(25)9-10-21(19)31-4/h5-12,30H,13-15H2,1-4H3. The van der Waals surface area contributed by atoms with E-state index in [1.54, 1.807) is 30.9 Å². The summed E-state index contributed by atoms with van der Waals surface area (Å²) in [5, 5.41) is 11.0. The summed E-state index contributed by atoms with van der Waals surface area (Å²) in [6.45, 7) is 4.59. The minimum Gasteiger partial charge on any atom is -0.496 e. The highest BCUT2D eigenvalue weighted by Gasteiger charge is 2.57. The summed E-state index contributed by atoms with van der Waals surface area (Å²) in [7, 11) is 1.38. The zero-order valence-corrected chi connectivity index (χ0v) is 18.1. The van der Waals surface area contributed by atoms with Gasteiger partial charge in [-0.25, -0.2) is 4.39 Å². The summed E-state index contributed by atoms with van der Waals surface area (Å²) in [6.07, 6.45) is -3.63. The maximum absolute atomic E-state index is 14.2. The van der Waals surface area contributed by atoms with Crippen molar-refractivity contribution in [3.8, 4) is 5.75 Å².